The van der Waals surface area contributed by atoms with Crippen LogP contribution >= 0.6 is 0 Å². The largest absolute Gasteiger partial charge is 0.444 e. The SMILES string of the molecule is CCC1(C)CCC(C)(CC)N1C(=O)OC(C)(C)C. The summed E-state index contributed by atoms with van der Waals surface area (Å²) in [5, 5.41) is 0. The maximum absolute atomic E-state index is 12.5. The quantitative estimate of drug-likeness (QED) is 0.734. The van der Waals surface area contributed by atoms with Crippen molar-refractivity contribution in [2.24, 2.45) is 0 Å². The molecule has 0 saturated carbocycles. The molecule has 3 heteroatoms. The summed E-state index contributed by atoms with van der Waals surface area (Å²) in [5.74, 6) is 0. The molecule has 1 aliphatic rings. The number of carbonyl (C=O) groups excluding carboxylic acids is 1. The highest BCUT2D eigenvalue weighted by atomic mass is 16.6. The standard InChI is InChI=1S/C15H29NO2/c1-8-14(6)10-11-15(7,9-2)16(14)12(17)18-13(3,4)5/h8-11H2,1-7H3. The van der Waals surface area contributed by atoms with Crippen molar-refractivity contribution in [2.45, 2.75) is 90.8 Å². The molecule has 1 saturated heterocycles. The van der Waals surface area contributed by atoms with Crippen molar-refractivity contribution in [1.82, 2.24) is 4.90 Å². The molecule has 1 aliphatic heterocycles. The van der Waals surface area contributed by atoms with Gasteiger partial charge in [-0.25, -0.2) is 4.79 Å². The minimum Gasteiger partial charge on any atom is -0.444 e. The predicted molar refractivity (Wildman–Crippen MR) is 74.7 cm³/mol. The van der Waals surface area contributed by atoms with Gasteiger partial charge < -0.3 is 4.74 Å². The summed E-state index contributed by atoms with van der Waals surface area (Å²) in [5.41, 5.74) is -0.552. The molecule has 2 unspecified atom stereocenters. The molecule has 0 spiro atoms. The number of hydrogen-bond acceptors (Lipinski definition) is 2. The number of likely N-dealkylation sites (tertiary alicyclic amines) is 1. The molecule has 0 aromatic heterocycles. The van der Waals surface area contributed by atoms with Gasteiger partial charge in [-0.1, -0.05) is 13.8 Å². The molecule has 3 nitrogen and oxygen atoms in total. The first-order chi connectivity index (χ1) is 8.08. The molecule has 0 aromatic carbocycles. The fourth-order valence-electron chi connectivity index (χ4n) is 2.83. The molecule has 0 N–H and O–H groups in total. The number of carbonyl (C=O) groups is 1. The van der Waals surface area contributed by atoms with Gasteiger partial charge in [0.25, 0.3) is 0 Å². The van der Waals surface area contributed by atoms with E-state index in [0.717, 1.165) is 25.7 Å². The Kier molecular flexibility index (Phi) is 4.04. The molecular weight excluding hydrogens is 226 g/mol. The Balaban J connectivity index is 3.02. The summed E-state index contributed by atoms with van der Waals surface area (Å²) >= 11 is 0. The topological polar surface area (TPSA) is 29.5 Å². The molecule has 1 rings (SSSR count). The number of ether oxygens (including phenoxy) is 1. The van der Waals surface area contributed by atoms with Gasteiger partial charge in [-0.15, -0.1) is 0 Å². The first-order valence-electron chi connectivity index (χ1n) is 7.11. The van der Waals surface area contributed by atoms with E-state index in [-0.39, 0.29) is 17.2 Å². The third-order valence-electron chi connectivity index (χ3n) is 4.38. The Morgan fingerprint density at radius 3 is 1.78 bits per heavy atom. The van der Waals surface area contributed by atoms with Crippen LogP contribution in [0.15, 0.2) is 0 Å². The van der Waals surface area contributed by atoms with Crippen molar-refractivity contribution < 1.29 is 9.53 Å². The summed E-state index contributed by atoms with van der Waals surface area (Å²) in [6, 6.07) is 0. The number of rotatable bonds is 2. The highest BCUT2D eigenvalue weighted by Crippen LogP contribution is 2.45. The lowest BCUT2D eigenvalue weighted by atomic mass is 9.95. The van der Waals surface area contributed by atoms with Crippen LogP contribution in [-0.2, 0) is 4.74 Å². The fraction of sp³-hybridized carbons (Fsp3) is 0.933. The lowest BCUT2D eigenvalue weighted by molar-refractivity contribution is -0.0171. The molecule has 106 valence electrons. The van der Waals surface area contributed by atoms with Crippen molar-refractivity contribution in [3.63, 3.8) is 0 Å². The highest BCUT2D eigenvalue weighted by Gasteiger charge is 2.51. The van der Waals surface area contributed by atoms with Crippen molar-refractivity contribution in [3.8, 4) is 0 Å². The van der Waals surface area contributed by atoms with Crippen LogP contribution in [0.1, 0.15) is 74.1 Å². The average Bonchev–Trinajstić information content (AvgIpc) is 2.50. The maximum atomic E-state index is 12.5. The average molecular weight is 255 g/mol. The third-order valence-corrected chi connectivity index (χ3v) is 4.38. The van der Waals surface area contributed by atoms with Crippen LogP contribution in [0.4, 0.5) is 4.79 Å². The van der Waals surface area contributed by atoms with Crippen molar-refractivity contribution >= 4 is 6.09 Å². The van der Waals surface area contributed by atoms with Crippen molar-refractivity contribution in [3.05, 3.63) is 0 Å². The van der Waals surface area contributed by atoms with Gasteiger partial charge in [0, 0.05) is 11.1 Å². The second kappa shape index (κ2) is 4.75. The molecule has 18 heavy (non-hydrogen) atoms. The van der Waals surface area contributed by atoms with Crippen LogP contribution in [-0.4, -0.2) is 27.7 Å². The molecule has 1 amide bonds. The fourth-order valence-corrected chi connectivity index (χ4v) is 2.83. The zero-order valence-corrected chi connectivity index (χ0v) is 13.1. The first kappa shape index (κ1) is 15.3. The second-order valence-corrected chi connectivity index (χ2v) is 7.02. The lowest BCUT2D eigenvalue weighted by Crippen LogP contribution is -2.55. The Hall–Kier alpha value is -0.730. The number of hydrogen-bond donors (Lipinski definition) is 0. The number of nitrogens with zero attached hydrogens (tertiary/aromatic N) is 1. The lowest BCUT2D eigenvalue weighted by Gasteiger charge is -2.43. The van der Waals surface area contributed by atoms with Crippen LogP contribution in [0.25, 0.3) is 0 Å². The third kappa shape index (κ3) is 2.81. The van der Waals surface area contributed by atoms with Crippen LogP contribution in [0.3, 0.4) is 0 Å². The minimum atomic E-state index is -0.428. The van der Waals surface area contributed by atoms with E-state index in [1.54, 1.807) is 0 Å². The first-order valence-corrected chi connectivity index (χ1v) is 7.11. The Labute approximate surface area is 112 Å². The summed E-state index contributed by atoms with van der Waals surface area (Å²) < 4.78 is 5.60. The molecule has 0 aliphatic carbocycles. The van der Waals surface area contributed by atoms with E-state index in [0.29, 0.717) is 0 Å². The van der Waals surface area contributed by atoms with Gasteiger partial charge in [0.2, 0.25) is 0 Å². The van der Waals surface area contributed by atoms with Gasteiger partial charge in [0.05, 0.1) is 0 Å². The zero-order chi connectivity index (χ0) is 14.2. The van der Waals surface area contributed by atoms with Crippen molar-refractivity contribution in [2.75, 3.05) is 0 Å². The van der Waals surface area contributed by atoms with Crippen LogP contribution in [0.2, 0.25) is 0 Å². The van der Waals surface area contributed by atoms with E-state index in [1.165, 1.54) is 0 Å². The normalized spacial score (nSPS) is 32.7. The molecule has 1 heterocycles. The van der Waals surface area contributed by atoms with Crippen LogP contribution in [0.5, 0.6) is 0 Å². The summed E-state index contributed by atoms with van der Waals surface area (Å²) in [4.78, 5) is 14.5. The van der Waals surface area contributed by atoms with Gasteiger partial charge in [0.15, 0.2) is 0 Å². The molecule has 0 aromatic rings. The van der Waals surface area contributed by atoms with Gasteiger partial charge in [-0.05, 0) is 60.3 Å². The van der Waals surface area contributed by atoms with Crippen LogP contribution < -0.4 is 0 Å². The van der Waals surface area contributed by atoms with E-state index in [9.17, 15) is 4.79 Å². The summed E-state index contributed by atoms with van der Waals surface area (Å²) in [7, 11) is 0. The zero-order valence-electron chi connectivity index (χ0n) is 13.1. The second-order valence-electron chi connectivity index (χ2n) is 7.02. The molecular formula is C15H29NO2. The van der Waals surface area contributed by atoms with E-state index >= 15 is 0 Å². The van der Waals surface area contributed by atoms with E-state index in [4.69, 9.17) is 4.74 Å². The van der Waals surface area contributed by atoms with E-state index in [1.807, 2.05) is 25.7 Å². The molecule has 1 fully saturated rings. The Morgan fingerprint density at radius 2 is 1.50 bits per heavy atom. The molecule has 0 bridgehead atoms. The highest BCUT2D eigenvalue weighted by molar-refractivity contribution is 5.71. The van der Waals surface area contributed by atoms with Crippen LogP contribution in [0, 0.1) is 0 Å². The Morgan fingerprint density at radius 1 is 1.11 bits per heavy atom. The minimum absolute atomic E-state index is 0.0624. The maximum Gasteiger partial charge on any atom is 0.411 e. The van der Waals surface area contributed by atoms with E-state index < -0.39 is 5.60 Å². The van der Waals surface area contributed by atoms with Gasteiger partial charge >= 0.3 is 6.09 Å². The van der Waals surface area contributed by atoms with Gasteiger partial charge in [-0.3, -0.25) is 4.90 Å². The molecule has 2 atom stereocenters. The summed E-state index contributed by atoms with van der Waals surface area (Å²) in [6.45, 7) is 14.4. The predicted octanol–water partition coefficient (Wildman–Crippen LogP) is 4.35. The van der Waals surface area contributed by atoms with E-state index in [2.05, 4.69) is 27.7 Å². The van der Waals surface area contributed by atoms with Gasteiger partial charge in [-0.2, -0.15) is 0 Å². The molecule has 0 radical (unpaired) electrons. The Bertz CT molecular complexity index is 303. The summed E-state index contributed by atoms with van der Waals surface area (Å²) in [6.07, 6.45) is 3.91. The number of amides is 1. The smallest absolute Gasteiger partial charge is 0.411 e. The monoisotopic (exact) mass is 255 g/mol. The van der Waals surface area contributed by atoms with Gasteiger partial charge in [0.1, 0.15) is 5.60 Å². The van der Waals surface area contributed by atoms with Crippen molar-refractivity contribution in [1.29, 1.82) is 0 Å².